The summed E-state index contributed by atoms with van der Waals surface area (Å²) in [6.45, 7) is 0. The maximum absolute atomic E-state index is 2.38. The molecule has 0 aromatic heterocycles. The van der Waals surface area contributed by atoms with Crippen molar-refractivity contribution in [2.45, 2.75) is 18.9 Å². The lowest BCUT2D eigenvalue weighted by atomic mass is 10.0. The average Bonchev–Trinajstić information content (AvgIpc) is 2.34. The highest BCUT2D eigenvalue weighted by Crippen LogP contribution is 2.11. The molecular formula is C15H14Si. The van der Waals surface area contributed by atoms with E-state index >= 15 is 0 Å². The first-order valence-electron chi connectivity index (χ1n) is 5.81. The average molecular weight is 222 g/mol. The largest absolute Gasteiger partial charge is 0.0855 e. The van der Waals surface area contributed by atoms with E-state index in [4.69, 9.17) is 0 Å². The summed E-state index contributed by atoms with van der Waals surface area (Å²) in [5.74, 6) is 0. The second-order valence-electron chi connectivity index (χ2n) is 4.37. The maximum atomic E-state index is 2.38. The smallest absolute Gasteiger partial charge is 0.0636 e. The molecule has 16 heavy (non-hydrogen) atoms. The fourth-order valence-electron chi connectivity index (χ4n) is 2.22. The maximum Gasteiger partial charge on any atom is 0.0855 e. The molecule has 0 amide bonds. The molecule has 0 fully saturated rings. The molecule has 1 heterocycles. The van der Waals surface area contributed by atoms with E-state index in [0.717, 1.165) is 9.52 Å². The van der Waals surface area contributed by atoms with Crippen molar-refractivity contribution >= 4 is 14.7 Å². The quantitative estimate of drug-likeness (QED) is 0.600. The fourth-order valence-corrected chi connectivity index (χ4v) is 3.35. The van der Waals surface area contributed by atoms with Gasteiger partial charge in [-0.3, -0.25) is 0 Å². The Hall–Kier alpha value is -1.34. The lowest BCUT2D eigenvalue weighted by Gasteiger charge is -2.10. The molecule has 0 nitrogen and oxygen atoms in total. The normalized spacial score (nSPS) is 14.5. The van der Waals surface area contributed by atoms with Gasteiger partial charge in [0.1, 0.15) is 0 Å². The number of benzene rings is 2. The van der Waals surface area contributed by atoms with Crippen LogP contribution >= 0.6 is 0 Å². The summed E-state index contributed by atoms with van der Waals surface area (Å²) < 4.78 is 0. The zero-order valence-electron chi connectivity index (χ0n) is 9.24. The predicted molar refractivity (Wildman–Crippen MR) is 69.4 cm³/mol. The van der Waals surface area contributed by atoms with Gasteiger partial charge in [-0.05, 0) is 30.0 Å². The number of hydrogen-bond acceptors (Lipinski definition) is 0. The number of aryl methyl sites for hydroxylation is 2. The van der Waals surface area contributed by atoms with Gasteiger partial charge < -0.3 is 0 Å². The zero-order valence-corrected chi connectivity index (χ0v) is 10.2. The summed E-state index contributed by atoms with van der Waals surface area (Å²) in [6.07, 6.45) is 2.34. The molecule has 78 valence electrons. The van der Waals surface area contributed by atoms with Gasteiger partial charge in [-0.2, -0.15) is 0 Å². The van der Waals surface area contributed by atoms with Crippen LogP contribution in [-0.2, 0) is 18.9 Å². The van der Waals surface area contributed by atoms with Crippen LogP contribution < -0.4 is 5.19 Å². The highest BCUT2D eigenvalue weighted by Gasteiger charge is 2.04. The van der Waals surface area contributed by atoms with Crippen LogP contribution in [0.25, 0.3) is 0 Å². The summed E-state index contributed by atoms with van der Waals surface area (Å²) in [6, 6.07) is 19.4. The third kappa shape index (κ3) is 2.09. The summed E-state index contributed by atoms with van der Waals surface area (Å²) in [7, 11) is 0.909. The molecule has 2 radical (unpaired) electrons. The SMILES string of the molecule is c1cc2cc(c1)C[Si]c1cccc(c1)CC2. The molecule has 0 saturated carbocycles. The first-order chi connectivity index (χ1) is 7.90. The molecule has 0 unspecified atom stereocenters. The molecule has 0 saturated heterocycles. The second kappa shape index (κ2) is 4.26. The van der Waals surface area contributed by atoms with Gasteiger partial charge in [0.15, 0.2) is 0 Å². The summed E-state index contributed by atoms with van der Waals surface area (Å²) in [4.78, 5) is 0. The van der Waals surface area contributed by atoms with Crippen molar-refractivity contribution in [3.05, 3.63) is 65.2 Å². The van der Waals surface area contributed by atoms with Crippen molar-refractivity contribution in [1.82, 2.24) is 0 Å². The van der Waals surface area contributed by atoms with Crippen LogP contribution in [0.5, 0.6) is 0 Å². The van der Waals surface area contributed by atoms with Crippen LogP contribution in [0.3, 0.4) is 0 Å². The molecule has 0 spiro atoms. The van der Waals surface area contributed by atoms with Crippen LogP contribution in [0.15, 0.2) is 48.5 Å². The van der Waals surface area contributed by atoms with Gasteiger partial charge in [0, 0.05) is 0 Å². The lowest BCUT2D eigenvalue weighted by Crippen LogP contribution is -2.18. The highest BCUT2D eigenvalue weighted by atomic mass is 28.2. The molecule has 0 aliphatic carbocycles. The lowest BCUT2D eigenvalue weighted by molar-refractivity contribution is 0.957. The van der Waals surface area contributed by atoms with Crippen molar-refractivity contribution in [3.63, 3.8) is 0 Å². The first kappa shape index (κ1) is 9.85. The van der Waals surface area contributed by atoms with E-state index in [1.807, 2.05) is 0 Å². The van der Waals surface area contributed by atoms with Crippen molar-refractivity contribution in [2.75, 3.05) is 0 Å². The van der Waals surface area contributed by atoms with Crippen LogP contribution in [0.4, 0.5) is 0 Å². The van der Waals surface area contributed by atoms with E-state index < -0.39 is 0 Å². The molecular weight excluding hydrogens is 208 g/mol. The standard InChI is InChI=1S/C15H14Si/c1-3-12-7-8-13-4-2-6-15(10-13)16-11-14(5-1)9-12/h1-6,9-10H,7-8,11H2. The van der Waals surface area contributed by atoms with Gasteiger partial charge in [-0.15, -0.1) is 0 Å². The Morgan fingerprint density at radius 2 is 1.44 bits per heavy atom. The molecule has 1 aliphatic rings. The number of hydrogen-bond donors (Lipinski definition) is 0. The van der Waals surface area contributed by atoms with Crippen molar-refractivity contribution in [2.24, 2.45) is 0 Å². The minimum atomic E-state index is 0.909. The molecule has 1 heteroatoms. The molecule has 0 atom stereocenters. The summed E-state index contributed by atoms with van der Waals surface area (Å²) >= 11 is 0. The van der Waals surface area contributed by atoms with Crippen molar-refractivity contribution in [1.29, 1.82) is 0 Å². The third-order valence-electron chi connectivity index (χ3n) is 3.12. The Kier molecular flexibility index (Phi) is 2.62. The third-order valence-corrected chi connectivity index (χ3v) is 4.42. The highest BCUT2D eigenvalue weighted by molar-refractivity contribution is 6.52. The fraction of sp³-hybridized carbons (Fsp3) is 0.200. The summed E-state index contributed by atoms with van der Waals surface area (Å²) in [5, 5.41) is 1.50. The van der Waals surface area contributed by atoms with Crippen LogP contribution in [0.2, 0.25) is 0 Å². The van der Waals surface area contributed by atoms with Crippen LogP contribution in [0.1, 0.15) is 16.7 Å². The first-order valence-corrected chi connectivity index (χ1v) is 7.01. The minimum absolute atomic E-state index is 0.909. The van der Waals surface area contributed by atoms with Gasteiger partial charge in [0.05, 0.1) is 9.52 Å². The predicted octanol–water partition coefficient (Wildman–Crippen LogP) is 2.31. The second-order valence-corrected chi connectivity index (χ2v) is 5.66. The van der Waals surface area contributed by atoms with E-state index in [9.17, 15) is 0 Å². The molecule has 2 aromatic rings. The Labute approximate surface area is 99.2 Å². The molecule has 1 aliphatic heterocycles. The number of fused-ring (bicyclic) bond motifs is 4. The van der Waals surface area contributed by atoms with Gasteiger partial charge >= 0.3 is 0 Å². The summed E-state index contributed by atoms with van der Waals surface area (Å²) in [5.41, 5.74) is 4.45. The van der Waals surface area contributed by atoms with E-state index in [1.165, 1.54) is 40.8 Å². The Morgan fingerprint density at radius 1 is 0.750 bits per heavy atom. The Bertz CT molecular complexity index is 416. The van der Waals surface area contributed by atoms with Gasteiger partial charge in [-0.1, -0.05) is 59.3 Å². The Morgan fingerprint density at radius 3 is 2.31 bits per heavy atom. The van der Waals surface area contributed by atoms with E-state index in [0.29, 0.717) is 0 Å². The molecule has 3 rings (SSSR count). The van der Waals surface area contributed by atoms with Crippen molar-refractivity contribution < 1.29 is 0 Å². The topological polar surface area (TPSA) is 0 Å². The van der Waals surface area contributed by atoms with Crippen LogP contribution in [-0.4, -0.2) is 9.52 Å². The van der Waals surface area contributed by atoms with Gasteiger partial charge in [-0.25, -0.2) is 0 Å². The van der Waals surface area contributed by atoms with E-state index in [1.54, 1.807) is 0 Å². The molecule has 2 aromatic carbocycles. The van der Waals surface area contributed by atoms with E-state index in [-0.39, 0.29) is 0 Å². The van der Waals surface area contributed by atoms with Crippen molar-refractivity contribution in [3.8, 4) is 0 Å². The Balaban J connectivity index is 1.98. The number of rotatable bonds is 0. The van der Waals surface area contributed by atoms with Gasteiger partial charge in [0.25, 0.3) is 0 Å². The van der Waals surface area contributed by atoms with Gasteiger partial charge in [0.2, 0.25) is 0 Å². The van der Waals surface area contributed by atoms with E-state index in [2.05, 4.69) is 48.5 Å². The molecule has 4 bridgehead atoms. The monoisotopic (exact) mass is 222 g/mol. The van der Waals surface area contributed by atoms with Crippen LogP contribution in [0, 0.1) is 0 Å². The minimum Gasteiger partial charge on any atom is -0.0636 e. The zero-order chi connectivity index (χ0) is 10.8. The molecule has 0 N–H and O–H groups in total.